The van der Waals surface area contributed by atoms with E-state index in [-0.39, 0.29) is 25.0 Å². The van der Waals surface area contributed by atoms with E-state index in [1.165, 1.54) is 9.78 Å². The lowest BCUT2D eigenvalue weighted by Crippen LogP contribution is -2.44. The Kier molecular flexibility index (Phi) is 8.44. The topological polar surface area (TPSA) is 52.7 Å². The Morgan fingerprint density at radius 3 is 2.36 bits per heavy atom. The van der Waals surface area contributed by atoms with Gasteiger partial charge in [0, 0.05) is 28.5 Å². The molecule has 2 aromatic carbocycles. The first-order valence-corrected chi connectivity index (χ1v) is 11.8. The van der Waals surface area contributed by atoms with E-state index in [1.54, 1.807) is 22.3 Å². The minimum Gasteiger partial charge on any atom is -0.332 e. The van der Waals surface area contributed by atoms with Gasteiger partial charge in [-0.25, -0.2) is 4.79 Å². The highest BCUT2D eigenvalue weighted by atomic mass is 32.1. The molecule has 3 rings (SSSR count). The molecule has 0 aliphatic carbocycles. The Hall–Kier alpha value is -3.38. The molecule has 3 aromatic rings. The van der Waals surface area contributed by atoms with Gasteiger partial charge in [-0.15, -0.1) is 17.9 Å². The van der Waals surface area contributed by atoms with Gasteiger partial charge >= 0.3 is 6.03 Å². The summed E-state index contributed by atoms with van der Waals surface area (Å²) in [5.41, 5.74) is 3.90. The number of hydrogen-bond acceptors (Lipinski definition) is 3. The smallest absolute Gasteiger partial charge is 0.322 e. The molecule has 3 amide bonds. The van der Waals surface area contributed by atoms with Crippen LogP contribution in [0.2, 0.25) is 0 Å². The summed E-state index contributed by atoms with van der Waals surface area (Å²) in [5, 5.41) is 2.94. The van der Waals surface area contributed by atoms with Crippen molar-refractivity contribution in [3.05, 3.63) is 99.8 Å². The van der Waals surface area contributed by atoms with Gasteiger partial charge in [0.1, 0.15) is 6.54 Å². The summed E-state index contributed by atoms with van der Waals surface area (Å²) >= 11 is 1.68. The summed E-state index contributed by atoms with van der Waals surface area (Å²) in [6.07, 6.45) is 1.64. The molecule has 0 aliphatic rings. The molecule has 172 valence electrons. The third kappa shape index (κ3) is 7.05. The number of urea groups is 1. The van der Waals surface area contributed by atoms with E-state index in [4.69, 9.17) is 0 Å². The Morgan fingerprint density at radius 2 is 1.73 bits per heavy atom. The second-order valence-electron chi connectivity index (χ2n) is 8.17. The minimum absolute atomic E-state index is 0.0278. The molecule has 33 heavy (non-hydrogen) atoms. The molecule has 1 heterocycles. The maximum absolute atomic E-state index is 13.4. The lowest BCUT2D eigenvalue weighted by molar-refractivity contribution is -0.132. The maximum Gasteiger partial charge on any atom is 0.322 e. The Bertz CT molecular complexity index is 1110. The van der Waals surface area contributed by atoms with Crippen molar-refractivity contribution in [3.63, 3.8) is 0 Å². The van der Waals surface area contributed by atoms with Crippen LogP contribution in [-0.4, -0.2) is 34.8 Å². The number of nitrogens with zero attached hydrogens (tertiary/aromatic N) is 2. The fourth-order valence-corrected chi connectivity index (χ4v) is 4.49. The lowest BCUT2D eigenvalue weighted by atomic mass is 10.1. The first kappa shape index (κ1) is 24.3. The van der Waals surface area contributed by atoms with E-state index in [0.717, 1.165) is 27.3 Å². The number of rotatable bonds is 9. The molecule has 0 aliphatic heterocycles. The first-order chi connectivity index (χ1) is 15.9. The number of aryl methyl sites for hydroxylation is 3. The van der Waals surface area contributed by atoms with Crippen LogP contribution in [0.25, 0.3) is 0 Å². The van der Waals surface area contributed by atoms with Crippen LogP contribution in [0.15, 0.2) is 73.3 Å². The first-order valence-electron chi connectivity index (χ1n) is 11.0. The summed E-state index contributed by atoms with van der Waals surface area (Å²) < 4.78 is 0. The van der Waals surface area contributed by atoms with Gasteiger partial charge in [0.05, 0.1) is 6.54 Å². The maximum atomic E-state index is 13.4. The largest absolute Gasteiger partial charge is 0.332 e. The standard InChI is InChI=1S/C27H31N3O2S/c1-5-15-29(27(32)28-25-14-11-20(2)16-21(25)3)19-26(31)30(17-23-9-7-6-8-10-23)18-24-13-12-22(4)33-24/h5-14,16H,1,15,17-19H2,2-4H3,(H,28,32). The summed E-state index contributed by atoms with van der Waals surface area (Å²) in [5.74, 6) is -0.109. The highest BCUT2D eigenvalue weighted by molar-refractivity contribution is 7.11. The molecule has 5 nitrogen and oxygen atoms in total. The van der Waals surface area contributed by atoms with Crippen LogP contribution in [0.3, 0.4) is 0 Å². The van der Waals surface area contributed by atoms with Crippen LogP contribution in [-0.2, 0) is 17.9 Å². The number of thiophene rings is 1. The fraction of sp³-hybridized carbons (Fsp3) is 0.259. The van der Waals surface area contributed by atoms with Gasteiger partial charge in [0.2, 0.25) is 5.91 Å². The van der Waals surface area contributed by atoms with E-state index < -0.39 is 0 Å². The zero-order valence-electron chi connectivity index (χ0n) is 19.5. The highest BCUT2D eigenvalue weighted by Gasteiger charge is 2.22. The molecule has 0 unspecified atom stereocenters. The van der Waals surface area contributed by atoms with Gasteiger partial charge in [-0.2, -0.15) is 0 Å². The lowest BCUT2D eigenvalue weighted by Gasteiger charge is -2.27. The van der Waals surface area contributed by atoms with Gasteiger partial charge in [-0.3, -0.25) is 4.79 Å². The Labute approximate surface area is 200 Å². The van der Waals surface area contributed by atoms with E-state index in [9.17, 15) is 9.59 Å². The molecule has 0 spiro atoms. The van der Waals surface area contributed by atoms with Crippen molar-refractivity contribution < 1.29 is 9.59 Å². The van der Waals surface area contributed by atoms with Crippen molar-refractivity contribution in [1.82, 2.24) is 9.80 Å². The summed E-state index contributed by atoms with van der Waals surface area (Å²) in [6.45, 7) is 11.0. The monoisotopic (exact) mass is 461 g/mol. The zero-order valence-corrected chi connectivity index (χ0v) is 20.3. The van der Waals surface area contributed by atoms with Crippen molar-refractivity contribution in [2.24, 2.45) is 0 Å². The van der Waals surface area contributed by atoms with E-state index >= 15 is 0 Å². The summed E-state index contributed by atoms with van der Waals surface area (Å²) in [6, 6.07) is 19.6. The highest BCUT2D eigenvalue weighted by Crippen LogP contribution is 2.20. The molecule has 6 heteroatoms. The van der Waals surface area contributed by atoms with Crippen molar-refractivity contribution >= 4 is 29.0 Å². The van der Waals surface area contributed by atoms with Gasteiger partial charge in [-0.1, -0.05) is 54.1 Å². The fourth-order valence-electron chi connectivity index (χ4n) is 3.58. The van der Waals surface area contributed by atoms with Gasteiger partial charge in [0.25, 0.3) is 0 Å². The number of nitrogens with one attached hydrogen (secondary N) is 1. The molecular formula is C27H31N3O2S. The Morgan fingerprint density at radius 1 is 0.970 bits per heavy atom. The summed E-state index contributed by atoms with van der Waals surface area (Å²) in [4.78, 5) is 32.0. The number of hydrogen-bond donors (Lipinski definition) is 1. The molecule has 0 saturated carbocycles. The quantitative estimate of drug-likeness (QED) is 0.402. The molecule has 0 atom stereocenters. The van der Waals surface area contributed by atoms with Gasteiger partial charge in [0.15, 0.2) is 0 Å². The third-order valence-electron chi connectivity index (χ3n) is 5.30. The third-order valence-corrected chi connectivity index (χ3v) is 6.28. The molecule has 1 aromatic heterocycles. The van der Waals surface area contributed by atoms with Crippen LogP contribution in [0.5, 0.6) is 0 Å². The van der Waals surface area contributed by atoms with Crippen molar-refractivity contribution in [1.29, 1.82) is 0 Å². The SMILES string of the molecule is C=CCN(CC(=O)N(Cc1ccccc1)Cc1ccc(C)s1)C(=O)Nc1ccc(C)cc1C. The number of amides is 3. The number of carbonyl (C=O) groups excluding carboxylic acids is 2. The van der Waals surface area contributed by atoms with Gasteiger partial charge in [-0.05, 0) is 50.1 Å². The van der Waals surface area contributed by atoms with Crippen LogP contribution >= 0.6 is 11.3 Å². The van der Waals surface area contributed by atoms with Crippen LogP contribution in [0.1, 0.15) is 26.4 Å². The number of benzene rings is 2. The van der Waals surface area contributed by atoms with Gasteiger partial charge < -0.3 is 15.1 Å². The van der Waals surface area contributed by atoms with E-state index in [1.807, 2.05) is 62.4 Å². The summed E-state index contributed by atoms with van der Waals surface area (Å²) in [7, 11) is 0. The molecular weight excluding hydrogens is 430 g/mol. The molecule has 0 radical (unpaired) electrons. The van der Waals surface area contributed by atoms with Crippen LogP contribution in [0, 0.1) is 20.8 Å². The molecule has 0 saturated heterocycles. The van der Waals surface area contributed by atoms with Crippen LogP contribution in [0.4, 0.5) is 10.5 Å². The predicted octanol–water partition coefficient (Wildman–Crippen LogP) is 5.92. The number of anilines is 1. The van der Waals surface area contributed by atoms with Crippen LogP contribution < -0.4 is 5.32 Å². The normalized spacial score (nSPS) is 10.5. The second-order valence-corrected chi connectivity index (χ2v) is 9.54. The average Bonchev–Trinajstić information content (AvgIpc) is 3.20. The van der Waals surface area contributed by atoms with E-state index in [2.05, 4.69) is 31.0 Å². The molecule has 0 bridgehead atoms. The minimum atomic E-state index is -0.318. The zero-order chi connectivity index (χ0) is 23.8. The van der Waals surface area contributed by atoms with Crippen molar-refractivity contribution in [3.8, 4) is 0 Å². The molecule has 0 fully saturated rings. The van der Waals surface area contributed by atoms with Crippen molar-refractivity contribution in [2.75, 3.05) is 18.4 Å². The molecule has 1 N–H and O–H groups in total. The average molecular weight is 462 g/mol. The van der Waals surface area contributed by atoms with E-state index in [0.29, 0.717) is 13.1 Å². The number of carbonyl (C=O) groups is 2. The second kappa shape index (κ2) is 11.5. The predicted molar refractivity (Wildman–Crippen MR) is 136 cm³/mol. The Balaban J connectivity index is 1.75. The van der Waals surface area contributed by atoms with Crippen molar-refractivity contribution in [2.45, 2.75) is 33.9 Å².